The van der Waals surface area contributed by atoms with E-state index in [1.807, 2.05) is 24.3 Å². The molecule has 2 aromatic rings. The molecule has 0 atom stereocenters. The van der Waals surface area contributed by atoms with Crippen molar-refractivity contribution in [1.82, 2.24) is 4.90 Å². The predicted octanol–water partition coefficient (Wildman–Crippen LogP) is 3.12. The fraction of sp³-hybridized carbons (Fsp3) is 0.350. The SMILES string of the molecule is COc1ccccc1N1CCN(C(=O)CN(c2ccc(Cl)c(Cl)c2)S(C)(=O)=O)CC1. The highest BCUT2D eigenvalue weighted by Gasteiger charge is 2.27. The maximum atomic E-state index is 12.9. The molecule has 2 aromatic carbocycles. The minimum atomic E-state index is -3.69. The zero-order valence-electron chi connectivity index (χ0n) is 16.7. The summed E-state index contributed by atoms with van der Waals surface area (Å²) in [5, 5.41) is 0.536. The molecule has 0 aliphatic carbocycles. The normalized spacial score (nSPS) is 14.5. The lowest BCUT2D eigenvalue weighted by molar-refractivity contribution is -0.129. The van der Waals surface area contributed by atoms with Crippen LogP contribution in [0.25, 0.3) is 0 Å². The Kier molecular flexibility index (Phi) is 7.00. The maximum Gasteiger partial charge on any atom is 0.243 e. The van der Waals surface area contributed by atoms with Crippen LogP contribution in [0.1, 0.15) is 0 Å². The van der Waals surface area contributed by atoms with Crippen molar-refractivity contribution in [3.8, 4) is 5.75 Å². The maximum absolute atomic E-state index is 12.9. The van der Waals surface area contributed by atoms with Crippen molar-refractivity contribution >= 4 is 50.5 Å². The van der Waals surface area contributed by atoms with Gasteiger partial charge < -0.3 is 14.5 Å². The van der Waals surface area contributed by atoms with Gasteiger partial charge >= 0.3 is 0 Å². The smallest absolute Gasteiger partial charge is 0.243 e. The number of carbonyl (C=O) groups is 1. The first-order chi connectivity index (χ1) is 14.2. The van der Waals surface area contributed by atoms with Crippen molar-refractivity contribution in [2.75, 3.05) is 55.3 Å². The summed E-state index contributed by atoms with van der Waals surface area (Å²) in [6.45, 7) is 1.91. The number of amides is 1. The molecule has 1 fully saturated rings. The second kappa shape index (κ2) is 9.32. The monoisotopic (exact) mass is 471 g/mol. The number of para-hydroxylation sites is 2. The molecule has 1 saturated heterocycles. The number of piperazine rings is 1. The molecule has 0 bridgehead atoms. The Morgan fingerprint density at radius 3 is 2.33 bits per heavy atom. The molecule has 0 saturated carbocycles. The van der Waals surface area contributed by atoms with Gasteiger partial charge in [0.05, 0.1) is 34.8 Å². The van der Waals surface area contributed by atoms with Crippen molar-refractivity contribution in [2.45, 2.75) is 0 Å². The Hall–Kier alpha value is -2.16. The van der Waals surface area contributed by atoms with Gasteiger partial charge in [-0.25, -0.2) is 8.42 Å². The largest absolute Gasteiger partial charge is 0.495 e. The second-order valence-corrected chi connectivity index (χ2v) is 9.63. The molecule has 1 aliphatic heterocycles. The molecule has 7 nitrogen and oxygen atoms in total. The van der Waals surface area contributed by atoms with Crippen LogP contribution >= 0.6 is 23.2 Å². The van der Waals surface area contributed by atoms with Crippen LogP contribution in [0.2, 0.25) is 10.0 Å². The fourth-order valence-corrected chi connectivity index (χ4v) is 4.48. The fourth-order valence-electron chi connectivity index (χ4n) is 3.35. The summed E-state index contributed by atoms with van der Waals surface area (Å²) in [6.07, 6.45) is 1.06. The van der Waals surface area contributed by atoms with E-state index in [1.165, 1.54) is 18.2 Å². The van der Waals surface area contributed by atoms with E-state index in [2.05, 4.69) is 4.90 Å². The summed E-state index contributed by atoms with van der Waals surface area (Å²) < 4.78 is 31.1. The number of benzene rings is 2. The van der Waals surface area contributed by atoms with E-state index in [4.69, 9.17) is 27.9 Å². The van der Waals surface area contributed by atoms with Gasteiger partial charge in [-0.1, -0.05) is 35.3 Å². The highest BCUT2D eigenvalue weighted by molar-refractivity contribution is 7.92. The molecule has 1 amide bonds. The molecular weight excluding hydrogens is 449 g/mol. The van der Waals surface area contributed by atoms with Crippen molar-refractivity contribution < 1.29 is 17.9 Å². The number of methoxy groups -OCH3 is 1. The van der Waals surface area contributed by atoms with Gasteiger partial charge in [0.25, 0.3) is 0 Å². The van der Waals surface area contributed by atoms with E-state index in [9.17, 15) is 13.2 Å². The van der Waals surface area contributed by atoms with E-state index in [0.29, 0.717) is 36.9 Å². The lowest BCUT2D eigenvalue weighted by atomic mass is 10.2. The molecule has 0 N–H and O–H groups in total. The van der Waals surface area contributed by atoms with Gasteiger partial charge in [0.15, 0.2) is 0 Å². The summed E-state index contributed by atoms with van der Waals surface area (Å²) in [5.41, 5.74) is 1.27. The number of hydrogen-bond donors (Lipinski definition) is 0. The summed E-state index contributed by atoms with van der Waals surface area (Å²) in [5.74, 6) is 0.506. The van der Waals surface area contributed by atoms with E-state index >= 15 is 0 Å². The van der Waals surface area contributed by atoms with Gasteiger partial charge in [0.2, 0.25) is 15.9 Å². The Balaban J connectivity index is 1.69. The highest BCUT2D eigenvalue weighted by Crippen LogP contribution is 2.30. The van der Waals surface area contributed by atoms with Crippen molar-refractivity contribution in [2.24, 2.45) is 0 Å². The minimum absolute atomic E-state index is 0.223. The lowest BCUT2D eigenvalue weighted by Crippen LogP contribution is -2.52. The van der Waals surface area contributed by atoms with Crippen LogP contribution in [0.15, 0.2) is 42.5 Å². The zero-order chi connectivity index (χ0) is 21.9. The van der Waals surface area contributed by atoms with E-state index in [-0.39, 0.29) is 17.5 Å². The molecule has 0 spiro atoms. The summed E-state index contributed by atoms with van der Waals surface area (Å²) >= 11 is 12.0. The van der Waals surface area contributed by atoms with Gasteiger partial charge in [0.1, 0.15) is 12.3 Å². The third-order valence-corrected chi connectivity index (χ3v) is 6.81. The van der Waals surface area contributed by atoms with E-state index in [0.717, 1.165) is 22.0 Å². The Morgan fingerprint density at radius 1 is 1.07 bits per heavy atom. The van der Waals surface area contributed by atoms with Gasteiger partial charge in [0, 0.05) is 26.2 Å². The number of carbonyl (C=O) groups excluding carboxylic acids is 1. The second-order valence-electron chi connectivity index (χ2n) is 6.91. The van der Waals surface area contributed by atoms with Gasteiger partial charge in [-0.2, -0.15) is 0 Å². The van der Waals surface area contributed by atoms with Gasteiger partial charge in [-0.15, -0.1) is 0 Å². The van der Waals surface area contributed by atoms with Crippen LogP contribution in [0.4, 0.5) is 11.4 Å². The number of sulfonamides is 1. The van der Waals surface area contributed by atoms with Crippen LogP contribution < -0.4 is 13.9 Å². The van der Waals surface area contributed by atoms with Crippen LogP contribution in [0.3, 0.4) is 0 Å². The number of nitrogens with zero attached hydrogens (tertiary/aromatic N) is 3. The van der Waals surface area contributed by atoms with Crippen molar-refractivity contribution in [3.05, 3.63) is 52.5 Å². The Morgan fingerprint density at radius 2 is 1.73 bits per heavy atom. The quantitative estimate of drug-likeness (QED) is 0.647. The summed E-state index contributed by atoms with van der Waals surface area (Å²) in [4.78, 5) is 16.7. The third kappa shape index (κ3) is 5.11. The third-order valence-electron chi connectivity index (χ3n) is 4.93. The van der Waals surface area contributed by atoms with Crippen LogP contribution in [0.5, 0.6) is 5.75 Å². The van der Waals surface area contributed by atoms with Gasteiger partial charge in [-0.05, 0) is 30.3 Å². The molecule has 1 aliphatic rings. The number of rotatable bonds is 6. The number of halogens is 2. The Labute approximate surface area is 186 Å². The average molecular weight is 472 g/mol. The number of anilines is 2. The standard InChI is InChI=1S/C20H23Cl2N3O4S/c1-29-19-6-4-3-5-18(19)23-9-11-24(12-10-23)20(26)14-25(30(2,27)28)15-7-8-16(21)17(22)13-15/h3-8,13H,9-12,14H2,1-2H3. The molecule has 3 rings (SSSR count). The molecule has 0 aromatic heterocycles. The minimum Gasteiger partial charge on any atom is -0.495 e. The van der Waals surface area contributed by atoms with Crippen LogP contribution in [0, 0.1) is 0 Å². The highest BCUT2D eigenvalue weighted by atomic mass is 35.5. The molecule has 10 heteroatoms. The van der Waals surface area contributed by atoms with Crippen molar-refractivity contribution in [3.63, 3.8) is 0 Å². The van der Waals surface area contributed by atoms with E-state index < -0.39 is 10.0 Å². The van der Waals surface area contributed by atoms with E-state index in [1.54, 1.807) is 12.0 Å². The average Bonchev–Trinajstić information content (AvgIpc) is 2.73. The number of ether oxygens (including phenoxy) is 1. The van der Waals surface area contributed by atoms with Crippen LogP contribution in [-0.2, 0) is 14.8 Å². The first-order valence-electron chi connectivity index (χ1n) is 9.29. The molecule has 0 unspecified atom stereocenters. The topological polar surface area (TPSA) is 70.2 Å². The summed E-state index contributed by atoms with van der Waals surface area (Å²) in [6, 6.07) is 12.2. The lowest BCUT2D eigenvalue weighted by Gasteiger charge is -2.37. The molecule has 30 heavy (non-hydrogen) atoms. The first-order valence-corrected chi connectivity index (χ1v) is 11.9. The van der Waals surface area contributed by atoms with Gasteiger partial charge in [-0.3, -0.25) is 9.10 Å². The molecule has 0 radical (unpaired) electrons. The first kappa shape index (κ1) is 22.5. The molecule has 1 heterocycles. The number of hydrogen-bond acceptors (Lipinski definition) is 5. The molecule has 162 valence electrons. The molecular formula is C20H23Cl2N3O4S. The van der Waals surface area contributed by atoms with Crippen LogP contribution in [-0.4, -0.2) is 65.3 Å². The van der Waals surface area contributed by atoms with Crippen molar-refractivity contribution in [1.29, 1.82) is 0 Å². The zero-order valence-corrected chi connectivity index (χ0v) is 19.0. The predicted molar refractivity (Wildman–Crippen MR) is 120 cm³/mol. The summed E-state index contributed by atoms with van der Waals surface area (Å²) in [7, 11) is -2.06. The Bertz CT molecular complexity index is 1020.